The standard InChI is InChI=1S/C19H27N3O5/c1-12(2)9-16(21-13(3)23)19(26)22-15(18(20)25)10-17(24)27-11-14-7-5-4-6-8-14/h4-8,12,15-16H,9-11H2,1-3H3,(H2,20,25)(H,21,23)(H,22,26)/t15-,16+/m1/s1. The Morgan fingerprint density at radius 1 is 1.04 bits per heavy atom. The predicted molar refractivity (Wildman–Crippen MR) is 99.0 cm³/mol. The van der Waals surface area contributed by atoms with Gasteiger partial charge in [-0.2, -0.15) is 0 Å². The van der Waals surface area contributed by atoms with Crippen LogP contribution in [0.5, 0.6) is 0 Å². The van der Waals surface area contributed by atoms with Gasteiger partial charge in [0.05, 0.1) is 6.42 Å². The van der Waals surface area contributed by atoms with E-state index in [2.05, 4.69) is 10.6 Å². The van der Waals surface area contributed by atoms with E-state index in [0.717, 1.165) is 5.56 Å². The average Bonchev–Trinajstić information content (AvgIpc) is 2.58. The fraction of sp³-hybridized carbons (Fsp3) is 0.474. The molecule has 148 valence electrons. The summed E-state index contributed by atoms with van der Waals surface area (Å²) in [4.78, 5) is 47.3. The van der Waals surface area contributed by atoms with Crippen molar-refractivity contribution in [3.05, 3.63) is 35.9 Å². The third kappa shape index (κ3) is 8.84. The summed E-state index contributed by atoms with van der Waals surface area (Å²) in [7, 11) is 0. The van der Waals surface area contributed by atoms with Crippen molar-refractivity contribution in [3.63, 3.8) is 0 Å². The van der Waals surface area contributed by atoms with Crippen molar-refractivity contribution >= 4 is 23.7 Å². The molecule has 2 atom stereocenters. The third-order valence-corrected chi connectivity index (χ3v) is 3.67. The van der Waals surface area contributed by atoms with Crippen LogP contribution in [-0.2, 0) is 30.5 Å². The zero-order valence-corrected chi connectivity index (χ0v) is 15.9. The number of carbonyl (C=O) groups excluding carboxylic acids is 4. The van der Waals surface area contributed by atoms with E-state index in [-0.39, 0.29) is 24.9 Å². The van der Waals surface area contributed by atoms with E-state index >= 15 is 0 Å². The SMILES string of the molecule is CC(=O)N[C@@H](CC(C)C)C(=O)N[C@H](CC(=O)OCc1ccccc1)C(N)=O. The average molecular weight is 377 g/mol. The van der Waals surface area contributed by atoms with Crippen LogP contribution in [0.2, 0.25) is 0 Å². The van der Waals surface area contributed by atoms with Crippen molar-refractivity contribution in [2.24, 2.45) is 11.7 Å². The highest BCUT2D eigenvalue weighted by Crippen LogP contribution is 2.07. The number of primary amides is 1. The number of benzene rings is 1. The third-order valence-electron chi connectivity index (χ3n) is 3.67. The summed E-state index contributed by atoms with van der Waals surface area (Å²) in [5.41, 5.74) is 6.09. The van der Waals surface area contributed by atoms with Crippen LogP contribution in [0, 0.1) is 5.92 Å². The lowest BCUT2D eigenvalue weighted by Crippen LogP contribution is -2.53. The molecule has 0 aliphatic carbocycles. The Morgan fingerprint density at radius 2 is 1.67 bits per heavy atom. The van der Waals surface area contributed by atoms with E-state index in [1.807, 2.05) is 32.0 Å². The van der Waals surface area contributed by atoms with Crippen molar-refractivity contribution in [1.29, 1.82) is 0 Å². The molecule has 0 radical (unpaired) electrons. The lowest BCUT2D eigenvalue weighted by Gasteiger charge is -2.22. The number of ether oxygens (including phenoxy) is 1. The van der Waals surface area contributed by atoms with E-state index in [4.69, 9.17) is 10.5 Å². The molecule has 0 aliphatic rings. The maximum atomic E-state index is 12.4. The fourth-order valence-electron chi connectivity index (χ4n) is 2.41. The van der Waals surface area contributed by atoms with Crippen LogP contribution < -0.4 is 16.4 Å². The maximum Gasteiger partial charge on any atom is 0.308 e. The van der Waals surface area contributed by atoms with E-state index in [9.17, 15) is 19.2 Å². The number of rotatable bonds is 10. The van der Waals surface area contributed by atoms with Crippen molar-refractivity contribution in [3.8, 4) is 0 Å². The highest BCUT2D eigenvalue weighted by atomic mass is 16.5. The molecule has 1 aromatic carbocycles. The number of nitrogens with two attached hydrogens (primary N) is 1. The number of hydrogen-bond acceptors (Lipinski definition) is 5. The van der Waals surface area contributed by atoms with Gasteiger partial charge in [-0.15, -0.1) is 0 Å². The first-order valence-corrected chi connectivity index (χ1v) is 8.75. The normalized spacial score (nSPS) is 12.7. The van der Waals surface area contributed by atoms with E-state index in [0.29, 0.717) is 6.42 Å². The monoisotopic (exact) mass is 377 g/mol. The number of hydrogen-bond donors (Lipinski definition) is 3. The van der Waals surface area contributed by atoms with Gasteiger partial charge in [0.25, 0.3) is 0 Å². The number of carbonyl (C=O) groups is 4. The second-order valence-electron chi connectivity index (χ2n) is 6.70. The summed E-state index contributed by atoms with van der Waals surface area (Å²) in [5, 5.41) is 4.96. The molecule has 0 aliphatic heterocycles. The van der Waals surface area contributed by atoms with Gasteiger partial charge in [-0.1, -0.05) is 44.2 Å². The minimum atomic E-state index is -1.22. The lowest BCUT2D eigenvalue weighted by atomic mass is 10.0. The Hall–Kier alpha value is -2.90. The smallest absolute Gasteiger partial charge is 0.308 e. The Morgan fingerprint density at radius 3 is 2.19 bits per heavy atom. The van der Waals surface area contributed by atoms with E-state index in [1.54, 1.807) is 12.1 Å². The van der Waals surface area contributed by atoms with Crippen LogP contribution in [0.25, 0.3) is 0 Å². The van der Waals surface area contributed by atoms with Crippen LogP contribution >= 0.6 is 0 Å². The molecule has 27 heavy (non-hydrogen) atoms. The largest absolute Gasteiger partial charge is 0.461 e. The van der Waals surface area contributed by atoms with Gasteiger partial charge in [0.2, 0.25) is 17.7 Å². The summed E-state index contributed by atoms with van der Waals surface area (Å²) in [6, 6.07) is 7.02. The van der Waals surface area contributed by atoms with Crippen molar-refractivity contribution in [2.45, 2.75) is 52.3 Å². The Labute approximate surface area is 158 Å². The summed E-state index contributed by atoms with van der Waals surface area (Å²) in [5.74, 6) is -2.32. The van der Waals surface area contributed by atoms with Gasteiger partial charge in [0.1, 0.15) is 18.7 Å². The molecule has 3 amide bonds. The first kappa shape index (κ1) is 22.1. The maximum absolute atomic E-state index is 12.4. The van der Waals surface area contributed by atoms with Crippen LogP contribution in [0.1, 0.15) is 39.2 Å². The molecule has 8 nitrogen and oxygen atoms in total. The van der Waals surface area contributed by atoms with Crippen LogP contribution in [0.4, 0.5) is 0 Å². The zero-order valence-electron chi connectivity index (χ0n) is 15.9. The quantitative estimate of drug-likeness (QED) is 0.516. The van der Waals surface area contributed by atoms with Crippen LogP contribution in [0.3, 0.4) is 0 Å². The molecule has 8 heteroatoms. The zero-order chi connectivity index (χ0) is 20.4. The molecule has 4 N–H and O–H groups in total. The van der Waals surface area contributed by atoms with Gasteiger partial charge in [0, 0.05) is 6.92 Å². The molecular weight excluding hydrogens is 350 g/mol. The lowest BCUT2D eigenvalue weighted by molar-refractivity contribution is -0.147. The Kier molecular flexibility index (Phi) is 8.98. The molecular formula is C19H27N3O5. The fourth-order valence-corrected chi connectivity index (χ4v) is 2.41. The minimum Gasteiger partial charge on any atom is -0.461 e. The highest BCUT2D eigenvalue weighted by Gasteiger charge is 2.27. The van der Waals surface area contributed by atoms with Gasteiger partial charge in [-0.3, -0.25) is 19.2 Å². The molecule has 0 fully saturated rings. The van der Waals surface area contributed by atoms with Crippen LogP contribution in [-0.4, -0.2) is 35.8 Å². The first-order valence-electron chi connectivity index (χ1n) is 8.75. The van der Waals surface area contributed by atoms with Gasteiger partial charge < -0.3 is 21.1 Å². The van der Waals surface area contributed by atoms with Gasteiger partial charge in [-0.05, 0) is 17.9 Å². The number of amides is 3. The molecule has 1 aromatic rings. The Bertz CT molecular complexity index is 661. The molecule has 0 spiro atoms. The molecule has 0 bridgehead atoms. The first-order chi connectivity index (χ1) is 12.7. The number of esters is 1. The summed E-state index contributed by atoms with van der Waals surface area (Å²) >= 11 is 0. The van der Waals surface area contributed by atoms with Crippen molar-refractivity contribution < 1.29 is 23.9 Å². The van der Waals surface area contributed by atoms with Crippen molar-refractivity contribution in [2.75, 3.05) is 0 Å². The molecule has 0 aromatic heterocycles. The molecule has 0 saturated heterocycles. The van der Waals surface area contributed by atoms with Crippen LogP contribution in [0.15, 0.2) is 30.3 Å². The molecule has 0 unspecified atom stereocenters. The summed E-state index contributed by atoms with van der Waals surface area (Å²) < 4.78 is 5.11. The second-order valence-corrected chi connectivity index (χ2v) is 6.70. The highest BCUT2D eigenvalue weighted by molar-refractivity contribution is 5.93. The summed E-state index contributed by atoms with van der Waals surface area (Å²) in [6.45, 7) is 5.15. The minimum absolute atomic E-state index is 0.0565. The van der Waals surface area contributed by atoms with E-state index in [1.165, 1.54) is 6.92 Å². The summed E-state index contributed by atoms with van der Waals surface area (Å²) in [6.07, 6.45) is -0.00226. The predicted octanol–water partition coefficient (Wildman–Crippen LogP) is 0.641. The van der Waals surface area contributed by atoms with Gasteiger partial charge in [-0.25, -0.2) is 0 Å². The Balaban J connectivity index is 2.65. The molecule has 1 rings (SSSR count). The van der Waals surface area contributed by atoms with E-state index < -0.39 is 29.9 Å². The molecule has 0 heterocycles. The van der Waals surface area contributed by atoms with Crippen molar-refractivity contribution in [1.82, 2.24) is 10.6 Å². The van der Waals surface area contributed by atoms with Gasteiger partial charge in [0.15, 0.2) is 0 Å². The topological polar surface area (TPSA) is 128 Å². The number of nitrogens with one attached hydrogen (secondary N) is 2. The van der Waals surface area contributed by atoms with Gasteiger partial charge >= 0.3 is 5.97 Å². The second kappa shape index (κ2) is 10.9. The molecule has 0 saturated carbocycles.